The van der Waals surface area contributed by atoms with Gasteiger partial charge in [-0.05, 0) is 37.2 Å². The number of rotatable bonds is 11. The number of carbonyl (C=O) groups excluding carboxylic acids is 3. The molecule has 3 rings (SSSR count). The molecule has 3 atom stereocenters. The van der Waals surface area contributed by atoms with Crippen LogP contribution < -0.4 is 16.0 Å². The molecular formula is C22H29N3O5. The number of benzene rings is 1. The minimum absolute atomic E-state index is 0.0466. The predicted octanol–water partition coefficient (Wildman–Crippen LogP) is 1.000. The molecule has 2 aliphatic rings. The van der Waals surface area contributed by atoms with E-state index in [0.29, 0.717) is 31.7 Å². The van der Waals surface area contributed by atoms with Gasteiger partial charge in [-0.15, -0.1) is 0 Å². The van der Waals surface area contributed by atoms with Crippen molar-refractivity contribution in [3.05, 3.63) is 35.9 Å². The van der Waals surface area contributed by atoms with Crippen molar-refractivity contribution in [1.29, 1.82) is 0 Å². The van der Waals surface area contributed by atoms with Gasteiger partial charge in [-0.2, -0.15) is 0 Å². The zero-order valence-electron chi connectivity index (χ0n) is 16.9. The van der Waals surface area contributed by atoms with Crippen LogP contribution in [0.1, 0.15) is 44.1 Å². The molecule has 3 unspecified atom stereocenters. The molecule has 1 heterocycles. The van der Waals surface area contributed by atoms with Gasteiger partial charge in [-0.25, -0.2) is 4.79 Å². The van der Waals surface area contributed by atoms with Gasteiger partial charge in [-0.1, -0.05) is 43.2 Å². The Morgan fingerprint density at radius 1 is 1.03 bits per heavy atom. The maximum atomic E-state index is 12.8. The summed E-state index contributed by atoms with van der Waals surface area (Å²) in [4.78, 5) is 48.6. The molecule has 0 radical (unpaired) electrons. The van der Waals surface area contributed by atoms with Crippen LogP contribution in [-0.4, -0.2) is 47.4 Å². The molecule has 2 fully saturated rings. The smallest absolute Gasteiger partial charge is 0.326 e. The molecule has 3 amide bonds. The maximum Gasteiger partial charge on any atom is 0.326 e. The zero-order valence-corrected chi connectivity index (χ0v) is 16.9. The number of nitrogens with one attached hydrogen (secondary N) is 3. The van der Waals surface area contributed by atoms with Crippen LogP contribution in [0.4, 0.5) is 0 Å². The highest BCUT2D eigenvalue weighted by Gasteiger charge is 2.35. The fourth-order valence-electron chi connectivity index (χ4n) is 3.74. The monoisotopic (exact) mass is 415 g/mol. The summed E-state index contributed by atoms with van der Waals surface area (Å²) < 4.78 is 0. The van der Waals surface area contributed by atoms with Crippen molar-refractivity contribution < 1.29 is 24.3 Å². The standard InChI is InChI=1S/C22H29N3O5/c26-19(9-8-14-4-2-1-3-5-14)24-17(12-15-6-7-15)21(28)25-18(22(29)30)13-16-10-11-23-20(16)27/h1-5,15-18H,6-13H2,(H,23,27)(H,24,26)(H,25,28)(H,29,30). The van der Waals surface area contributed by atoms with Gasteiger partial charge in [0.1, 0.15) is 12.1 Å². The Balaban J connectivity index is 1.55. The molecule has 1 aliphatic carbocycles. The molecule has 1 saturated heterocycles. The van der Waals surface area contributed by atoms with E-state index in [-0.39, 0.29) is 24.7 Å². The van der Waals surface area contributed by atoms with E-state index in [9.17, 15) is 24.3 Å². The number of hydrogen-bond donors (Lipinski definition) is 4. The largest absolute Gasteiger partial charge is 0.480 e. The first-order valence-corrected chi connectivity index (χ1v) is 10.6. The van der Waals surface area contributed by atoms with E-state index in [4.69, 9.17) is 0 Å². The summed E-state index contributed by atoms with van der Waals surface area (Å²) in [6.07, 6.45) is 3.94. The third-order valence-electron chi connectivity index (χ3n) is 5.70. The second-order valence-electron chi connectivity index (χ2n) is 8.20. The number of carbonyl (C=O) groups is 4. The van der Waals surface area contributed by atoms with Gasteiger partial charge >= 0.3 is 5.97 Å². The average Bonchev–Trinajstić information content (AvgIpc) is 3.46. The van der Waals surface area contributed by atoms with Crippen molar-refractivity contribution >= 4 is 23.7 Å². The maximum absolute atomic E-state index is 12.8. The van der Waals surface area contributed by atoms with Crippen molar-refractivity contribution in [1.82, 2.24) is 16.0 Å². The molecule has 30 heavy (non-hydrogen) atoms. The lowest BCUT2D eigenvalue weighted by Gasteiger charge is -2.22. The van der Waals surface area contributed by atoms with Crippen molar-refractivity contribution in [2.45, 2.75) is 57.0 Å². The van der Waals surface area contributed by atoms with Crippen molar-refractivity contribution in [3.8, 4) is 0 Å². The van der Waals surface area contributed by atoms with E-state index in [0.717, 1.165) is 18.4 Å². The average molecular weight is 415 g/mol. The number of carboxylic acid groups (broad SMARTS) is 1. The van der Waals surface area contributed by atoms with E-state index in [1.807, 2.05) is 30.3 Å². The van der Waals surface area contributed by atoms with Crippen molar-refractivity contribution in [2.75, 3.05) is 6.54 Å². The lowest BCUT2D eigenvalue weighted by atomic mass is 9.98. The van der Waals surface area contributed by atoms with E-state index >= 15 is 0 Å². The van der Waals surface area contributed by atoms with Crippen molar-refractivity contribution in [2.24, 2.45) is 11.8 Å². The zero-order chi connectivity index (χ0) is 21.5. The molecule has 0 aromatic heterocycles. The number of aryl methyl sites for hydroxylation is 1. The summed E-state index contributed by atoms with van der Waals surface area (Å²) in [5, 5.41) is 17.5. The highest BCUT2D eigenvalue weighted by atomic mass is 16.4. The van der Waals surface area contributed by atoms with Crippen LogP contribution in [0, 0.1) is 11.8 Å². The lowest BCUT2D eigenvalue weighted by Crippen LogP contribution is -2.52. The Kier molecular flexibility index (Phi) is 7.43. The first-order chi connectivity index (χ1) is 14.4. The van der Waals surface area contributed by atoms with Crippen LogP contribution in [0.15, 0.2) is 30.3 Å². The molecule has 1 aromatic rings. The van der Waals surface area contributed by atoms with Gasteiger partial charge in [-0.3, -0.25) is 14.4 Å². The quantitative estimate of drug-likeness (QED) is 0.429. The minimum Gasteiger partial charge on any atom is -0.480 e. The van der Waals surface area contributed by atoms with Crippen molar-refractivity contribution in [3.63, 3.8) is 0 Å². The Morgan fingerprint density at radius 3 is 2.37 bits per heavy atom. The third-order valence-corrected chi connectivity index (χ3v) is 5.70. The summed E-state index contributed by atoms with van der Waals surface area (Å²) >= 11 is 0. The molecule has 0 spiro atoms. The lowest BCUT2D eigenvalue weighted by molar-refractivity contribution is -0.143. The molecule has 0 bridgehead atoms. The summed E-state index contributed by atoms with van der Waals surface area (Å²) in [5.41, 5.74) is 1.04. The molecular weight excluding hydrogens is 386 g/mol. The third kappa shape index (κ3) is 6.57. The molecule has 4 N–H and O–H groups in total. The summed E-state index contributed by atoms with van der Waals surface area (Å²) in [6, 6.07) is 7.69. The van der Waals surface area contributed by atoms with E-state index < -0.39 is 29.9 Å². The van der Waals surface area contributed by atoms with Crippen LogP contribution in [0.3, 0.4) is 0 Å². The first-order valence-electron chi connectivity index (χ1n) is 10.6. The van der Waals surface area contributed by atoms with E-state index in [1.165, 1.54) is 0 Å². The number of aliphatic carboxylic acids is 1. The van der Waals surface area contributed by atoms with Gasteiger partial charge in [0.15, 0.2) is 0 Å². The normalized spacial score (nSPS) is 20.1. The Bertz CT molecular complexity index is 778. The molecule has 1 aliphatic heterocycles. The van der Waals surface area contributed by atoms with Gasteiger partial charge in [0, 0.05) is 18.9 Å². The van der Waals surface area contributed by atoms with Gasteiger partial charge in [0.25, 0.3) is 0 Å². The SMILES string of the molecule is O=C(CCc1ccccc1)NC(CC1CC1)C(=O)NC(CC1CCNC1=O)C(=O)O. The Labute approximate surface area is 175 Å². The molecule has 8 heteroatoms. The molecule has 1 aromatic carbocycles. The second kappa shape index (κ2) is 10.2. The summed E-state index contributed by atoms with van der Waals surface area (Å²) in [7, 11) is 0. The van der Waals surface area contributed by atoms with Crippen LogP contribution >= 0.6 is 0 Å². The van der Waals surface area contributed by atoms with Crippen LogP contribution in [-0.2, 0) is 25.6 Å². The van der Waals surface area contributed by atoms with Crippen LogP contribution in [0.25, 0.3) is 0 Å². The van der Waals surface area contributed by atoms with E-state index in [2.05, 4.69) is 16.0 Å². The van der Waals surface area contributed by atoms with Crippen LogP contribution in [0.5, 0.6) is 0 Å². The molecule has 162 valence electrons. The van der Waals surface area contributed by atoms with Gasteiger partial charge in [0.2, 0.25) is 17.7 Å². The number of amides is 3. The van der Waals surface area contributed by atoms with Gasteiger partial charge in [0.05, 0.1) is 0 Å². The number of hydrogen-bond acceptors (Lipinski definition) is 4. The minimum atomic E-state index is -1.18. The summed E-state index contributed by atoms with van der Waals surface area (Å²) in [5.74, 6) is -2.14. The van der Waals surface area contributed by atoms with E-state index in [1.54, 1.807) is 0 Å². The van der Waals surface area contributed by atoms with Gasteiger partial charge < -0.3 is 21.1 Å². The predicted molar refractivity (Wildman–Crippen MR) is 109 cm³/mol. The topological polar surface area (TPSA) is 125 Å². The Hall–Kier alpha value is -2.90. The summed E-state index contributed by atoms with van der Waals surface area (Å²) in [6.45, 7) is 0.519. The Morgan fingerprint density at radius 2 is 1.77 bits per heavy atom. The fourth-order valence-corrected chi connectivity index (χ4v) is 3.74. The highest BCUT2D eigenvalue weighted by Crippen LogP contribution is 2.33. The fraction of sp³-hybridized carbons (Fsp3) is 0.545. The molecule has 8 nitrogen and oxygen atoms in total. The van der Waals surface area contributed by atoms with Crippen LogP contribution in [0.2, 0.25) is 0 Å². The first kappa shape index (κ1) is 21.8. The highest BCUT2D eigenvalue weighted by molar-refractivity contribution is 5.91. The second-order valence-corrected chi connectivity index (χ2v) is 8.20. The number of carboxylic acids is 1. The molecule has 1 saturated carbocycles.